The molecule has 0 bridgehead atoms. The van der Waals surface area contributed by atoms with Crippen LogP contribution in [0.1, 0.15) is 33.1 Å². The Labute approximate surface area is 116 Å². The molecular formula is C12H25N3O3S. The Kier molecular flexibility index (Phi) is 5.19. The first-order valence-corrected chi connectivity index (χ1v) is 8.55. The van der Waals surface area contributed by atoms with Gasteiger partial charge in [-0.1, -0.05) is 0 Å². The summed E-state index contributed by atoms with van der Waals surface area (Å²) in [5, 5.41) is 3.37. The lowest BCUT2D eigenvalue weighted by Gasteiger charge is -2.34. The largest absolute Gasteiger partial charge is 0.373 e. The number of nitrogens with one attached hydrogen (secondary N) is 2. The molecule has 2 rings (SSSR count). The van der Waals surface area contributed by atoms with Gasteiger partial charge in [0.2, 0.25) is 0 Å². The Hall–Kier alpha value is -0.210. The third kappa shape index (κ3) is 4.39. The maximum absolute atomic E-state index is 12.2. The van der Waals surface area contributed by atoms with Crippen molar-refractivity contribution in [1.29, 1.82) is 0 Å². The minimum atomic E-state index is -3.37. The molecule has 2 aliphatic heterocycles. The van der Waals surface area contributed by atoms with Crippen molar-refractivity contribution in [3.05, 3.63) is 0 Å². The molecule has 112 valence electrons. The highest BCUT2D eigenvalue weighted by Gasteiger charge is 2.30. The van der Waals surface area contributed by atoms with Crippen LogP contribution >= 0.6 is 0 Å². The van der Waals surface area contributed by atoms with Crippen molar-refractivity contribution in [2.45, 2.75) is 51.4 Å². The van der Waals surface area contributed by atoms with Gasteiger partial charge in [-0.05, 0) is 39.7 Å². The van der Waals surface area contributed by atoms with E-state index in [0.717, 1.165) is 19.4 Å². The zero-order chi connectivity index (χ0) is 13.9. The van der Waals surface area contributed by atoms with E-state index >= 15 is 0 Å². The SMILES string of the molecule is CC1CN(S(=O)(=O)NCCC2CCCN2)CC(C)O1. The highest BCUT2D eigenvalue weighted by molar-refractivity contribution is 7.87. The fourth-order valence-corrected chi connectivity index (χ4v) is 4.15. The fraction of sp³-hybridized carbons (Fsp3) is 1.00. The van der Waals surface area contributed by atoms with Crippen LogP contribution in [0.25, 0.3) is 0 Å². The van der Waals surface area contributed by atoms with Gasteiger partial charge in [0.15, 0.2) is 0 Å². The Balaban J connectivity index is 1.80. The summed E-state index contributed by atoms with van der Waals surface area (Å²) < 4.78 is 34.1. The number of rotatable bonds is 5. The molecule has 0 aromatic rings. The second-order valence-corrected chi connectivity index (χ2v) is 7.31. The lowest BCUT2D eigenvalue weighted by molar-refractivity contribution is -0.0443. The van der Waals surface area contributed by atoms with E-state index in [1.165, 1.54) is 10.7 Å². The molecule has 0 amide bonds. The van der Waals surface area contributed by atoms with Crippen LogP contribution in [-0.4, -0.2) is 57.2 Å². The first kappa shape index (κ1) is 15.2. The van der Waals surface area contributed by atoms with Crippen LogP contribution in [-0.2, 0) is 14.9 Å². The first-order chi connectivity index (χ1) is 8.97. The molecule has 2 fully saturated rings. The van der Waals surface area contributed by atoms with Crippen LogP contribution in [0.2, 0.25) is 0 Å². The van der Waals surface area contributed by atoms with Crippen LogP contribution < -0.4 is 10.0 Å². The summed E-state index contributed by atoms with van der Waals surface area (Å²) in [6.07, 6.45) is 3.10. The lowest BCUT2D eigenvalue weighted by atomic mass is 10.2. The molecule has 0 aromatic carbocycles. The monoisotopic (exact) mass is 291 g/mol. The van der Waals surface area contributed by atoms with Gasteiger partial charge in [-0.2, -0.15) is 12.7 Å². The summed E-state index contributed by atoms with van der Waals surface area (Å²) in [6.45, 7) is 6.22. The van der Waals surface area contributed by atoms with Crippen molar-refractivity contribution in [2.75, 3.05) is 26.2 Å². The van der Waals surface area contributed by atoms with Crippen molar-refractivity contribution < 1.29 is 13.2 Å². The molecule has 3 atom stereocenters. The smallest absolute Gasteiger partial charge is 0.279 e. The number of ether oxygens (including phenoxy) is 1. The first-order valence-electron chi connectivity index (χ1n) is 7.11. The predicted molar refractivity (Wildman–Crippen MR) is 74.1 cm³/mol. The summed E-state index contributed by atoms with van der Waals surface area (Å²) in [7, 11) is -3.37. The minimum Gasteiger partial charge on any atom is -0.373 e. The van der Waals surface area contributed by atoms with Crippen molar-refractivity contribution in [3.8, 4) is 0 Å². The zero-order valence-corrected chi connectivity index (χ0v) is 12.6. The van der Waals surface area contributed by atoms with Crippen molar-refractivity contribution in [3.63, 3.8) is 0 Å². The van der Waals surface area contributed by atoms with E-state index < -0.39 is 10.2 Å². The average Bonchev–Trinajstić information content (AvgIpc) is 2.80. The number of hydrogen-bond donors (Lipinski definition) is 2. The minimum absolute atomic E-state index is 0.0446. The van der Waals surface area contributed by atoms with Crippen LogP contribution in [0.3, 0.4) is 0 Å². The summed E-state index contributed by atoms with van der Waals surface area (Å²) in [5.74, 6) is 0. The van der Waals surface area contributed by atoms with Crippen molar-refractivity contribution in [2.24, 2.45) is 0 Å². The van der Waals surface area contributed by atoms with Gasteiger partial charge in [0.1, 0.15) is 0 Å². The summed E-state index contributed by atoms with van der Waals surface area (Å²) in [6, 6.07) is 0.463. The molecule has 2 aliphatic rings. The molecule has 19 heavy (non-hydrogen) atoms. The van der Waals surface area contributed by atoms with Crippen LogP contribution in [0.5, 0.6) is 0 Å². The molecule has 0 spiro atoms. The molecule has 6 nitrogen and oxygen atoms in total. The lowest BCUT2D eigenvalue weighted by Crippen LogP contribution is -2.52. The second-order valence-electron chi connectivity index (χ2n) is 5.56. The van der Waals surface area contributed by atoms with Gasteiger partial charge >= 0.3 is 0 Å². The Morgan fingerprint density at radius 3 is 2.58 bits per heavy atom. The van der Waals surface area contributed by atoms with Gasteiger partial charge in [0.05, 0.1) is 12.2 Å². The number of hydrogen-bond acceptors (Lipinski definition) is 4. The number of morpholine rings is 1. The molecule has 0 aromatic heterocycles. The molecule has 2 heterocycles. The third-order valence-electron chi connectivity index (χ3n) is 3.67. The van der Waals surface area contributed by atoms with Gasteiger partial charge in [-0.25, -0.2) is 4.72 Å². The second kappa shape index (κ2) is 6.49. The highest BCUT2D eigenvalue weighted by atomic mass is 32.2. The third-order valence-corrected chi connectivity index (χ3v) is 5.21. The Morgan fingerprint density at radius 1 is 1.32 bits per heavy atom. The Bertz CT molecular complexity index is 372. The molecule has 2 saturated heterocycles. The summed E-state index contributed by atoms with van der Waals surface area (Å²) >= 11 is 0. The van der Waals surface area contributed by atoms with E-state index in [9.17, 15) is 8.42 Å². The van der Waals surface area contributed by atoms with E-state index in [1.807, 2.05) is 13.8 Å². The quantitative estimate of drug-likeness (QED) is 0.752. The maximum Gasteiger partial charge on any atom is 0.279 e. The standard InChI is InChI=1S/C12H25N3O3S/c1-10-8-15(9-11(2)18-10)19(16,17)14-7-5-12-4-3-6-13-12/h10-14H,3-9H2,1-2H3. The van der Waals surface area contributed by atoms with Crippen LogP contribution in [0.15, 0.2) is 0 Å². The molecule has 0 aliphatic carbocycles. The van der Waals surface area contributed by atoms with Gasteiger partial charge in [0, 0.05) is 25.7 Å². The van der Waals surface area contributed by atoms with Gasteiger partial charge in [-0.3, -0.25) is 0 Å². The average molecular weight is 291 g/mol. The molecule has 7 heteroatoms. The van der Waals surface area contributed by atoms with Crippen LogP contribution in [0, 0.1) is 0 Å². The Morgan fingerprint density at radius 2 is 2.00 bits per heavy atom. The highest BCUT2D eigenvalue weighted by Crippen LogP contribution is 2.14. The van der Waals surface area contributed by atoms with E-state index in [2.05, 4.69) is 10.0 Å². The molecule has 0 radical (unpaired) electrons. The van der Waals surface area contributed by atoms with Crippen molar-refractivity contribution >= 4 is 10.2 Å². The zero-order valence-electron chi connectivity index (χ0n) is 11.8. The van der Waals surface area contributed by atoms with E-state index in [1.54, 1.807) is 0 Å². The van der Waals surface area contributed by atoms with Gasteiger partial charge in [0.25, 0.3) is 10.2 Å². The van der Waals surface area contributed by atoms with E-state index in [4.69, 9.17) is 4.74 Å². The van der Waals surface area contributed by atoms with Gasteiger partial charge in [-0.15, -0.1) is 0 Å². The topological polar surface area (TPSA) is 70.7 Å². The molecule has 3 unspecified atom stereocenters. The molecule has 2 N–H and O–H groups in total. The van der Waals surface area contributed by atoms with E-state index in [-0.39, 0.29) is 12.2 Å². The summed E-state index contributed by atoms with van der Waals surface area (Å²) in [5.41, 5.74) is 0. The number of nitrogens with zero attached hydrogens (tertiary/aromatic N) is 1. The van der Waals surface area contributed by atoms with Gasteiger partial charge < -0.3 is 10.1 Å². The summed E-state index contributed by atoms with van der Waals surface area (Å²) in [4.78, 5) is 0. The van der Waals surface area contributed by atoms with E-state index in [0.29, 0.717) is 25.7 Å². The molecule has 0 saturated carbocycles. The van der Waals surface area contributed by atoms with Crippen LogP contribution in [0.4, 0.5) is 0 Å². The predicted octanol–water partition coefficient (Wildman–Crippen LogP) is 0.0721. The normalized spacial score (nSPS) is 33.7. The fourth-order valence-electron chi connectivity index (χ4n) is 2.78. The molecular weight excluding hydrogens is 266 g/mol. The maximum atomic E-state index is 12.2. The van der Waals surface area contributed by atoms with Crippen molar-refractivity contribution in [1.82, 2.24) is 14.3 Å².